The third kappa shape index (κ3) is 1.79. The van der Waals surface area contributed by atoms with Gasteiger partial charge in [-0.25, -0.2) is 0 Å². The van der Waals surface area contributed by atoms with Crippen LogP contribution in [-0.2, 0) is 4.74 Å². The zero-order valence-corrected chi connectivity index (χ0v) is 9.93. The first-order chi connectivity index (χ1) is 6.68. The van der Waals surface area contributed by atoms with Crippen LogP contribution in [0.3, 0.4) is 0 Å². The Kier molecular flexibility index (Phi) is 2.79. The molecule has 14 heavy (non-hydrogen) atoms. The first kappa shape index (κ1) is 9.99. The molecule has 1 aromatic rings. The van der Waals surface area contributed by atoms with Crippen LogP contribution in [0.15, 0.2) is 32.4 Å². The summed E-state index contributed by atoms with van der Waals surface area (Å²) in [5.41, 5.74) is 2.74. The van der Waals surface area contributed by atoms with Crippen molar-refractivity contribution >= 4 is 15.9 Å². The van der Waals surface area contributed by atoms with Crippen LogP contribution in [0.2, 0.25) is 0 Å². The molecule has 1 aliphatic heterocycles. The first-order valence-corrected chi connectivity index (χ1v) is 5.47. The highest BCUT2D eigenvalue weighted by Crippen LogP contribution is 2.35. The van der Waals surface area contributed by atoms with Crippen LogP contribution in [0.25, 0.3) is 0 Å². The fraction of sp³-hybridized carbons (Fsp3) is 0.455. The molecule has 2 heterocycles. The van der Waals surface area contributed by atoms with E-state index in [-0.39, 0.29) is 6.10 Å². The Morgan fingerprint density at radius 2 is 2.14 bits per heavy atom. The first-order valence-electron chi connectivity index (χ1n) is 4.68. The van der Waals surface area contributed by atoms with Gasteiger partial charge in [-0.1, -0.05) is 5.57 Å². The summed E-state index contributed by atoms with van der Waals surface area (Å²) < 4.78 is 12.1. The monoisotopic (exact) mass is 256 g/mol. The second-order valence-electron chi connectivity index (χ2n) is 3.70. The molecule has 1 aliphatic rings. The molecule has 0 saturated carbocycles. The van der Waals surface area contributed by atoms with E-state index in [4.69, 9.17) is 9.15 Å². The maximum atomic E-state index is 5.70. The highest BCUT2D eigenvalue weighted by atomic mass is 79.9. The van der Waals surface area contributed by atoms with E-state index >= 15 is 0 Å². The summed E-state index contributed by atoms with van der Waals surface area (Å²) in [6.07, 6.45) is 2.68. The van der Waals surface area contributed by atoms with E-state index in [9.17, 15) is 0 Å². The third-order valence-electron chi connectivity index (χ3n) is 2.66. The minimum absolute atomic E-state index is 0.0723. The standard InChI is InChI=1S/C11H13BrO2/c1-7-5-10(14-6-8(7)2)11-9(12)3-4-13-11/h3-4,10H,5-6H2,1-2H3. The average Bonchev–Trinajstić information content (AvgIpc) is 2.57. The molecule has 3 heteroatoms. The number of ether oxygens (including phenoxy) is 1. The van der Waals surface area contributed by atoms with Crippen molar-refractivity contribution < 1.29 is 9.15 Å². The van der Waals surface area contributed by atoms with Crippen LogP contribution in [0.5, 0.6) is 0 Å². The van der Waals surface area contributed by atoms with Crippen molar-refractivity contribution in [2.24, 2.45) is 0 Å². The van der Waals surface area contributed by atoms with E-state index in [0.29, 0.717) is 6.61 Å². The van der Waals surface area contributed by atoms with Gasteiger partial charge in [0.15, 0.2) is 0 Å². The molecule has 0 amide bonds. The minimum atomic E-state index is 0.0723. The molecule has 0 N–H and O–H groups in total. The van der Waals surface area contributed by atoms with E-state index in [1.54, 1.807) is 6.26 Å². The molecule has 0 aromatic carbocycles. The van der Waals surface area contributed by atoms with Gasteiger partial charge in [0.1, 0.15) is 11.9 Å². The van der Waals surface area contributed by atoms with Crippen LogP contribution in [0.4, 0.5) is 0 Å². The highest BCUT2D eigenvalue weighted by molar-refractivity contribution is 9.10. The summed E-state index contributed by atoms with van der Waals surface area (Å²) in [4.78, 5) is 0. The van der Waals surface area contributed by atoms with Crippen molar-refractivity contribution in [3.63, 3.8) is 0 Å². The molecule has 0 fully saturated rings. The quantitative estimate of drug-likeness (QED) is 0.713. The Hall–Kier alpha value is -0.540. The maximum absolute atomic E-state index is 5.70. The summed E-state index contributed by atoms with van der Waals surface area (Å²) in [6.45, 7) is 4.98. The Bertz CT molecular complexity index is 365. The second-order valence-corrected chi connectivity index (χ2v) is 4.55. The molecule has 1 atom stereocenters. The molecule has 0 aliphatic carbocycles. The molecular weight excluding hydrogens is 244 g/mol. The topological polar surface area (TPSA) is 22.4 Å². The molecule has 2 rings (SSSR count). The Labute approximate surface area is 92.1 Å². The molecular formula is C11H13BrO2. The minimum Gasteiger partial charge on any atom is -0.465 e. The lowest BCUT2D eigenvalue weighted by atomic mass is 10.0. The van der Waals surface area contributed by atoms with Gasteiger partial charge < -0.3 is 9.15 Å². The van der Waals surface area contributed by atoms with Crippen molar-refractivity contribution in [1.82, 2.24) is 0 Å². The average molecular weight is 257 g/mol. The van der Waals surface area contributed by atoms with E-state index in [1.165, 1.54) is 11.1 Å². The van der Waals surface area contributed by atoms with Crippen LogP contribution < -0.4 is 0 Å². The molecule has 0 spiro atoms. The lowest BCUT2D eigenvalue weighted by Gasteiger charge is -2.23. The van der Waals surface area contributed by atoms with Gasteiger partial charge in [0.25, 0.3) is 0 Å². The van der Waals surface area contributed by atoms with Crippen LogP contribution in [0, 0.1) is 0 Å². The van der Waals surface area contributed by atoms with Crippen LogP contribution >= 0.6 is 15.9 Å². The lowest BCUT2D eigenvalue weighted by molar-refractivity contribution is 0.0415. The van der Waals surface area contributed by atoms with Gasteiger partial charge >= 0.3 is 0 Å². The zero-order valence-electron chi connectivity index (χ0n) is 8.34. The Morgan fingerprint density at radius 1 is 1.36 bits per heavy atom. The van der Waals surface area contributed by atoms with Gasteiger partial charge in [0.2, 0.25) is 0 Å². The fourth-order valence-electron chi connectivity index (χ4n) is 1.56. The Balaban J connectivity index is 2.20. The predicted molar refractivity (Wildman–Crippen MR) is 58.1 cm³/mol. The van der Waals surface area contributed by atoms with Crippen LogP contribution in [0.1, 0.15) is 32.1 Å². The van der Waals surface area contributed by atoms with E-state index < -0.39 is 0 Å². The molecule has 1 aromatic heterocycles. The number of furan rings is 1. The number of halogens is 1. The van der Waals surface area contributed by atoms with E-state index in [0.717, 1.165) is 16.7 Å². The fourth-order valence-corrected chi connectivity index (χ4v) is 2.02. The van der Waals surface area contributed by atoms with Crippen LogP contribution in [-0.4, -0.2) is 6.61 Å². The molecule has 76 valence electrons. The van der Waals surface area contributed by atoms with Gasteiger partial charge in [0, 0.05) is 6.42 Å². The molecule has 0 radical (unpaired) electrons. The van der Waals surface area contributed by atoms with Crippen molar-refractivity contribution in [2.75, 3.05) is 6.61 Å². The van der Waals surface area contributed by atoms with E-state index in [2.05, 4.69) is 29.8 Å². The number of hydrogen-bond donors (Lipinski definition) is 0. The summed E-state index contributed by atoms with van der Waals surface area (Å²) >= 11 is 3.45. The maximum Gasteiger partial charge on any atom is 0.147 e. The van der Waals surface area contributed by atoms with Crippen molar-refractivity contribution in [3.8, 4) is 0 Å². The predicted octanol–water partition coefficient (Wildman–Crippen LogP) is 3.84. The zero-order chi connectivity index (χ0) is 10.1. The molecule has 1 unspecified atom stereocenters. The summed E-state index contributed by atoms with van der Waals surface area (Å²) in [7, 11) is 0. The van der Waals surface area contributed by atoms with Gasteiger partial charge in [0.05, 0.1) is 17.3 Å². The lowest BCUT2D eigenvalue weighted by Crippen LogP contribution is -2.13. The molecule has 2 nitrogen and oxygen atoms in total. The van der Waals surface area contributed by atoms with Gasteiger partial charge in [-0.15, -0.1) is 0 Å². The highest BCUT2D eigenvalue weighted by Gasteiger charge is 2.23. The molecule has 0 bridgehead atoms. The third-order valence-corrected chi connectivity index (χ3v) is 3.31. The number of hydrogen-bond acceptors (Lipinski definition) is 2. The number of rotatable bonds is 1. The van der Waals surface area contributed by atoms with Gasteiger partial charge in [-0.3, -0.25) is 0 Å². The SMILES string of the molecule is CC1=C(C)CC(c2occc2Br)OC1. The summed E-state index contributed by atoms with van der Waals surface area (Å²) in [6, 6.07) is 1.90. The van der Waals surface area contributed by atoms with Crippen molar-refractivity contribution in [2.45, 2.75) is 26.4 Å². The van der Waals surface area contributed by atoms with E-state index in [1.807, 2.05) is 6.07 Å². The molecule has 0 saturated heterocycles. The summed E-state index contributed by atoms with van der Waals surface area (Å²) in [5, 5.41) is 0. The largest absolute Gasteiger partial charge is 0.465 e. The van der Waals surface area contributed by atoms with Gasteiger partial charge in [-0.05, 0) is 41.4 Å². The van der Waals surface area contributed by atoms with Crippen molar-refractivity contribution in [3.05, 3.63) is 33.7 Å². The second kappa shape index (κ2) is 3.91. The normalized spacial score (nSPS) is 22.9. The summed E-state index contributed by atoms with van der Waals surface area (Å²) in [5.74, 6) is 0.900. The smallest absolute Gasteiger partial charge is 0.147 e. The Morgan fingerprint density at radius 3 is 2.71 bits per heavy atom. The van der Waals surface area contributed by atoms with Crippen molar-refractivity contribution in [1.29, 1.82) is 0 Å². The van der Waals surface area contributed by atoms with Gasteiger partial charge in [-0.2, -0.15) is 0 Å².